The van der Waals surface area contributed by atoms with Crippen LogP contribution in [-0.2, 0) is 0 Å². The van der Waals surface area contributed by atoms with Crippen LogP contribution in [0.4, 0.5) is 5.69 Å². The van der Waals surface area contributed by atoms with Gasteiger partial charge in [0.25, 0.3) is 0 Å². The number of hydrogen-bond acceptors (Lipinski definition) is 3. The maximum absolute atomic E-state index is 5.84. The highest BCUT2D eigenvalue weighted by Crippen LogP contribution is 2.37. The van der Waals surface area contributed by atoms with E-state index in [2.05, 4.69) is 46.8 Å². The van der Waals surface area contributed by atoms with Crippen molar-refractivity contribution in [3.63, 3.8) is 0 Å². The SMILES string of the molecule is Cc1cc2c(cc1Br)N(CCN)CC(C)O2. The Bertz CT molecular complexity index is 395. The van der Waals surface area contributed by atoms with Crippen LogP contribution in [0.3, 0.4) is 0 Å². The number of anilines is 1. The molecule has 2 N–H and O–H groups in total. The molecule has 1 unspecified atom stereocenters. The van der Waals surface area contributed by atoms with Crippen molar-refractivity contribution in [1.29, 1.82) is 0 Å². The van der Waals surface area contributed by atoms with Gasteiger partial charge in [0.1, 0.15) is 11.9 Å². The van der Waals surface area contributed by atoms with Crippen LogP contribution in [0.25, 0.3) is 0 Å². The molecule has 0 bridgehead atoms. The number of ether oxygens (including phenoxy) is 1. The molecular formula is C12H17BrN2O. The molecule has 0 saturated carbocycles. The normalized spacial score (nSPS) is 19.2. The Labute approximate surface area is 105 Å². The van der Waals surface area contributed by atoms with Crippen LogP contribution >= 0.6 is 15.9 Å². The van der Waals surface area contributed by atoms with Gasteiger partial charge in [-0.3, -0.25) is 0 Å². The second-order valence-electron chi connectivity index (χ2n) is 4.23. The largest absolute Gasteiger partial charge is 0.487 e. The van der Waals surface area contributed by atoms with Gasteiger partial charge >= 0.3 is 0 Å². The van der Waals surface area contributed by atoms with Crippen LogP contribution in [0.1, 0.15) is 12.5 Å². The standard InChI is InChI=1S/C12H17BrN2O/c1-8-5-12-11(6-10(8)13)15(4-3-14)7-9(2)16-12/h5-6,9H,3-4,7,14H2,1-2H3. The van der Waals surface area contributed by atoms with Crippen molar-refractivity contribution in [3.8, 4) is 5.75 Å². The van der Waals surface area contributed by atoms with E-state index in [0.29, 0.717) is 6.54 Å². The van der Waals surface area contributed by atoms with Crippen molar-refractivity contribution in [2.24, 2.45) is 5.73 Å². The number of benzene rings is 1. The molecule has 1 atom stereocenters. The average molecular weight is 285 g/mol. The fraction of sp³-hybridized carbons (Fsp3) is 0.500. The maximum Gasteiger partial charge on any atom is 0.143 e. The van der Waals surface area contributed by atoms with E-state index in [1.165, 1.54) is 5.56 Å². The summed E-state index contributed by atoms with van der Waals surface area (Å²) >= 11 is 3.55. The third-order valence-corrected chi connectivity index (χ3v) is 3.64. The molecule has 16 heavy (non-hydrogen) atoms. The molecule has 4 heteroatoms. The summed E-state index contributed by atoms with van der Waals surface area (Å²) in [6.07, 6.45) is 0.222. The minimum absolute atomic E-state index is 0.222. The predicted molar refractivity (Wildman–Crippen MR) is 70.2 cm³/mol. The molecule has 1 aromatic rings. The van der Waals surface area contributed by atoms with Gasteiger partial charge in [-0.1, -0.05) is 15.9 Å². The summed E-state index contributed by atoms with van der Waals surface area (Å²) in [5.74, 6) is 0.966. The van der Waals surface area contributed by atoms with Gasteiger partial charge in [-0.15, -0.1) is 0 Å². The zero-order valence-electron chi connectivity index (χ0n) is 9.66. The molecule has 1 heterocycles. The first-order valence-corrected chi connectivity index (χ1v) is 6.33. The lowest BCUT2D eigenvalue weighted by Gasteiger charge is -2.35. The monoisotopic (exact) mass is 284 g/mol. The number of hydrogen-bond donors (Lipinski definition) is 1. The highest BCUT2D eigenvalue weighted by Gasteiger charge is 2.23. The quantitative estimate of drug-likeness (QED) is 0.906. The topological polar surface area (TPSA) is 38.5 Å². The third kappa shape index (κ3) is 2.18. The van der Waals surface area contributed by atoms with Crippen LogP contribution in [-0.4, -0.2) is 25.7 Å². The van der Waals surface area contributed by atoms with Crippen LogP contribution in [0.15, 0.2) is 16.6 Å². The minimum Gasteiger partial charge on any atom is -0.487 e. The molecule has 0 saturated heterocycles. The summed E-state index contributed by atoms with van der Waals surface area (Å²) in [5, 5.41) is 0. The molecule has 0 amide bonds. The molecule has 0 fully saturated rings. The van der Waals surface area contributed by atoms with Crippen LogP contribution in [0.2, 0.25) is 0 Å². The van der Waals surface area contributed by atoms with Crippen molar-refractivity contribution in [2.45, 2.75) is 20.0 Å². The van der Waals surface area contributed by atoms with Gasteiger partial charge in [0.2, 0.25) is 0 Å². The number of aryl methyl sites for hydroxylation is 1. The lowest BCUT2D eigenvalue weighted by atomic mass is 10.1. The Morgan fingerprint density at radius 1 is 1.56 bits per heavy atom. The van der Waals surface area contributed by atoms with Crippen LogP contribution in [0.5, 0.6) is 5.75 Å². The molecule has 1 aliphatic rings. The van der Waals surface area contributed by atoms with Crippen molar-refractivity contribution >= 4 is 21.6 Å². The summed E-state index contributed by atoms with van der Waals surface area (Å²) in [4.78, 5) is 2.29. The van der Waals surface area contributed by atoms with Gasteiger partial charge in [0, 0.05) is 17.6 Å². The number of halogens is 1. The molecular weight excluding hydrogens is 268 g/mol. The van der Waals surface area contributed by atoms with Gasteiger partial charge in [-0.05, 0) is 31.5 Å². The summed E-state index contributed by atoms with van der Waals surface area (Å²) in [6.45, 7) is 6.59. The molecule has 88 valence electrons. The maximum atomic E-state index is 5.84. The van der Waals surface area contributed by atoms with Crippen LogP contribution < -0.4 is 15.4 Å². The van der Waals surface area contributed by atoms with Gasteiger partial charge in [0.15, 0.2) is 0 Å². The molecule has 3 nitrogen and oxygen atoms in total. The fourth-order valence-electron chi connectivity index (χ4n) is 2.02. The number of nitrogens with two attached hydrogens (primary N) is 1. The molecule has 0 aromatic heterocycles. The summed E-state index contributed by atoms with van der Waals surface area (Å²) in [6, 6.07) is 4.20. The average Bonchev–Trinajstić information content (AvgIpc) is 2.21. The summed E-state index contributed by atoms with van der Waals surface area (Å²) in [7, 11) is 0. The molecule has 0 aliphatic carbocycles. The summed E-state index contributed by atoms with van der Waals surface area (Å²) < 4.78 is 6.96. The van der Waals surface area contributed by atoms with Gasteiger partial charge in [-0.25, -0.2) is 0 Å². The van der Waals surface area contributed by atoms with Crippen molar-refractivity contribution in [3.05, 3.63) is 22.2 Å². The zero-order chi connectivity index (χ0) is 11.7. The van der Waals surface area contributed by atoms with E-state index in [9.17, 15) is 0 Å². The smallest absolute Gasteiger partial charge is 0.143 e. The first-order valence-electron chi connectivity index (χ1n) is 5.53. The molecule has 2 rings (SSSR count). The highest BCUT2D eigenvalue weighted by molar-refractivity contribution is 9.10. The highest BCUT2D eigenvalue weighted by atomic mass is 79.9. The molecule has 1 aliphatic heterocycles. The van der Waals surface area contributed by atoms with Gasteiger partial charge in [-0.2, -0.15) is 0 Å². The predicted octanol–water partition coefficient (Wildman–Crippen LogP) is 2.30. The Hall–Kier alpha value is -0.740. The molecule has 0 radical (unpaired) electrons. The summed E-state index contributed by atoms with van der Waals surface area (Å²) in [5.41, 5.74) is 7.97. The zero-order valence-corrected chi connectivity index (χ0v) is 11.3. The van der Waals surface area contributed by atoms with Crippen LogP contribution in [0, 0.1) is 6.92 Å². The lowest BCUT2D eigenvalue weighted by Crippen LogP contribution is -2.41. The molecule has 1 aromatic carbocycles. The first-order chi connectivity index (χ1) is 7.61. The Morgan fingerprint density at radius 3 is 3.00 bits per heavy atom. The number of fused-ring (bicyclic) bond motifs is 1. The van der Waals surface area contributed by atoms with E-state index in [4.69, 9.17) is 10.5 Å². The van der Waals surface area contributed by atoms with E-state index < -0.39 is 0 Å². The Kier molecular flexibility index (Phi) is 3.40. The van der Waals surface area contributed by atoms with E-state index in [0.717, 1.165) is 29.0 Å². The van der Waals surface area contributed by atoms with Gasteiger partial charge < -0.3 is 15.4 Å². The fourth-order valence-corrected chi connectivity index (χ4v) is 2.35. The second-order valence-corrected chi connectivity index (χ2v) is 5.09. The van der Waals surface area contributed by atoms with E-state index in [1.807, 2.05) is 0 Å². The Morgan fingerprint density at radius 2 is 2.31 bits per heavy atom. The minimum atomic E-state index is 0.222. The van der Waals surface area contributed by atoms with E-state index in [-0.39, 0.29) is 6.10 Å². The molecule has 0 spiro atoms. The number of rotatable bonds is 2. The van der Waals surface area contributed by atoms with Crippen molar-refractivity contribution in [1.82, 2.24) is 0 Å². The third-order valence-electron chi connectivity index (χ3n) is 2.79. The Balaban J connectivity index is 2.40. The number of nitrogens with zero attached hydrogens (tertiary/aromatic N) is 1. The van der Waals surface area contributed by atoms with E-state index >= 15 is 0 Å². The second kappa shape index (κ2) is 4.63. The van der Waals surface area contributed by atoms with Crippen molar-refractivity contribution in [2.75, 3.05) is 24.5 Å². The lowest BCUT2D eigenvalue weighted by molar-refractivity contribution is 0.213. The van der Waals surface area contributed by atoms with E-state index in [1.54, 1.807) is 0 Å². The first kappa shape index (κ1) is 11.7. The van der Waals surface area contributed by atoms with Gasteiger partial charge in [0.05, 0.1) is 12.2 Å². The van der Waals surface area contributed by atoms with Crippen molar-refractivity contribution < 1.29 is 4.74 Å².